The Labute approximate surface area is 219 Å². The summed E-state index contributed by atoms with van der Waals surface area (Å²) < 4.78 is 39.6. The Kier molecular flexibility index (Phi) is 8.40. The zero-order valence-electron chi connectivity index (χ0n) is 20.2. The number of hydrogen-bond acceptors (Lipinski definition) is 3. The van der Waals surface area contributed by atoms with Gasteiger partial charge in [0.2, 0.25) is 0 Å². The van der Waals surface area contributed by atoms with Crippen molar-refractivity contribution in [2.45, 2.75) is 44.3 Å². The number of nitrogens with one attached hydrogen (secondary N) is 1. The van der Waals surface area contributed by atoms with Crippen molar-refractivity contribution in [3.8, 4) is 6.07 Å². The summed E-state index contributed by atoms with van der Waals surface area (Å²) in [5.74, 6) is 0.144. The van der Waals surface area contributed by atoms with Crippen molar-refractivity contribution < 1.29 is 18.0 Å². The SMILES string of the molecule is N#CCNc1cc(C2CCC2)c(Cl)cc1CN(CCc1cccc(C(F)(F)F)c1)C(=O)c1ccccc1. The maximum atomic E-state index is 13.5. The fourth-order valence-corrected chi connectivity index (χ4v) is 4.82. The molecule has 0 aliphatic heterocycles. The molecule has 0 spiro atoms. The Balaban J connectivity index is 1.63. The van der Waals surface area contributed by atoms with E-state index in [-0.39, 0.29) is 32.0 Å². The average Bonchev–Trinajstić information content (AvgIpc) is 2.86. The molecule has 3 aromatic rings. The number of anilines is 1. The lowest BCUT2D eigenvalue weighted by Crippen LogP contribution is -2.33. The molecule has 4 rings (SSSR count). The van der Waals surface area contributed by atoms with Gasteiger partial charge in [-0.25, -0.2) is 0 Å². The van der Waals surface area contributed by atoms with Crippen molar-refractivity contribution in [3.05, 3.63) is 99.6 Å². The third-order valence-electron chi connectivity index (χ3n) is 6.72. The molecule has 0 saturated heterocycles. The summed E-state index contributed by atoms with van der Waals surface area (Å²) in [4.78, 5) is 15.1. The van der Waals surface area contributed by atoms with E-state index in [1.807, 2.05) is 18.2 Å². The number of alkyl halides is 3. The first kappa shape index (κ1) is 26.6. The highest BCUT2D eigenvalue weighted by Crippen LogP contribution is 2.42. The molecule has 1 aliphatic rings. The fraction of sp³-hybridized carbons (Fsp3) is 0.310. The van der Waals surface area contributed by atoms with Gasteiger partial charge in [0.15, 0.2) is 0 Å². The third kappa shape index (κ3) is 6.64. The van der Waals surface area contributed by atoms with E-state index in [1.165, 1.54) is 6.07 Å². The van der Waals surface area contributed by atoms with Crippen LogP contribution in [0.15, 0.2) is 66.7 Å². The Hall–Kier alpha value is -3.50. The summed E-state index contributed by atoms with van der Waals surface area (Å²) in [6.07, 6.45) is -0.912. The van der Waals surface area contributed by atoms with Crippen LogP contribution in [0.4, 0.5) is 18.9 Å². The van der Waals surface area contributed by atoms with E-state index in [0.717, 1.165) is 48.2 Å². The highest BCUT2D eigenvalue weighted by Gasteiger charge is 2.30. The average molecular weight is 526 g/mol. The van der Waals surface area contributed by atoms with Crippen molar-refractivity contribution in [2.24, 2.45) is 0 Å². The minimum atomic E-state index is -4.43. The number of nitrogens with zero attached hydrogens (tertiary/aromatic N) is 2. The van der Waals surface area contributed by atoms with Crippen LogP contribution >= 0.6 is 11.6 Å². The molecule has 192 valence electrons. The maximum Gasteiger partial charge on any atom is 0.416 e. The molecule has 4 nitrogen and oxygen atoms in total. The molecule has 1 N–H and O–H groups in total. The van der Waals surface area contributed by atoms with Gasteiger partial charge in [0.25, 0.3) is 5.91 Å². The smallest absolute Gasteiger partial charge is 0.372 e. The monoisotopic (exact) mass is 525 g/mol. The second-order valence-electron chi connectivity index (χ2n) is 9.21. The van der Waals surface area contributed by atoms with Gasteiger partial charge in [0.1, 0.15) is 6.54 Å². The second kappa shape index (κ2) is 11.7. The van der Waals surface area contributed by atoms with Gasteiger partial charge < -0.3 is 10.2 Å². The standard InChI is InChI=1S/C29H27ClF3N3O/c30-26-17-23(27(35-14-13-34)18-25(26)21-9-5-10-21)19-36(28(37)22-7-2-1-3-8-22)15-12-20-6-4-11-24(16-20)29(31,32)33/h1-4,6-8,11,16-18,21,35H,5,9-10,12,14-15,19H2. The van der Waals surface area contributed by atoms with Gasteiger partial charge in [-0.15, -0.1) is 0 Å². The molecule has 0 aromatic heterocycles. The lowest BCUT2D eigenvalue weighted by molar-refractivity contribution is -0.137. The first-order valence-electron chi connectivity index (χ1n) is 12.2. The van der Waals surface area contributed by atoms with Crippen molar-refractivity contribution in [1.82, 2.24) is 4.90 Å². The molecule has 0 atom stereocenters. The number of carbonyl (C=O) groups excluding carboxylic acids is 1. The number of carbonyl (C=O) groups is 1. The highest BCUT2D eigenvalue weighted by atomic mass is 35.5. The minimum Gasteiger partial charge on any atom is -0.372 e. The lowest BCUT2D eigenvalue weighted by atomic mass is 9.79. The van der Waals surface area contributed by atoms with Crippen molar-refractivity contribution in [3.63, 3.8) is 0 Å². The second-order valence-corrected chi connectivity index (χ2v) is 9.62. The fourth-order valence-electron chi connectivity index (χ4n) is 4.48. The molecule has 0 radical (unpaired) electrons. The summed E-state index contributed by atoms with van der Waals surface area (Å²) in [6.45, 7) is 0.482. The van der Waals surface area contributed by atoms with Crippen molar-refractivity contribution >= 4 is 23.2 Å². The Morgan fingerprint density at radius 1 is 1.08 bits per heavy atom. The van der Waals surface area contributed by atoms with Gasteiger partial charge in [-0.1, -0.05) is 54.4 Å². The van der Waals surface area contributed by atoms with Crippen LogP contribution < -0.4 is 5.32 Å². The lowest BCUT2D eigenvalue weighted by Gasteiger charge is -2.29. The quantitative estimate of drug-likeness (QED) is 0.295. The normalized spacial score (nSPS) is 13.5. The molecule has 0 unspecified atom stereocenters. The van der Waals surface area contributed by atoms with Crippen LogP contribution in [0, 0.1) is 11.3 Å². The predicted octanol–water partition coefficient (Wildman–Crippen LogP) is 7.45. The zero-order valence-corrected chi connectivity index (χ0v) is 20.9. The van der Waals surface area contributed by atoms with E-state index in [2.05, 4.69) is 11.4 Å². The molecule has 3 aromatic carbocycles. The molecular weight excluding hydrogens is 499 g/mol. The predicted molar refractivity (Wildman–Crippen MR) is 138 cm³/mol. The number of nitriles is 1. The summed E-state index contributed by atoms with van der Waals surface area (Å²) >= 11 is 6.65. The summed E-state index contributed by atoms with van der Waals surface area (Å²) in [6, 6.07) is 19.8. The van der Waals surface area contributed by atoms with E-state index in [1.54, 1.807) is 35.2 Å². The van der Waals surface area contributed by atoms with E-state index < -0.39 is 11.7 Å². The summed E-state index contributed by atoms with van der Waals surface area (Å²) in [7, 11) is 0. The molecule has 1 fully saturated rings. The van der Waals surface area contributed by atoms with Crippen molar-refractivity contribution in [2.75, 3.05) is 18.4 Å². The van der Waals surface area contributed by atoms with Gasteiger partial charge in [-0.3, -0.25) is 4.79 Å². The Morgan fingerprint density at radius 3 is 2.49 bits per heavy atom. The largest absolute Gasteiger partial charge is 0.416 e. The van der Waals surface area contributed by atoms with Crippen LogP contribution in [-0.4, -0.2) is 23.9 Å². The van der Waals surface area contributed by atoms with E-state index in [4.69, 9.17) is 16.9 Å². The van der Waals surface area contributed by atoms with Gasteiger partial charge in [0.05, 0.1) is 11.6 Å². The number of hydrogen-bond donors (Lipinski definition) is 1. The van der Waals surface area contributed by atoms with Crippen LogP contribution in [0.1, 0.15) is 57.8 Å². The number of rotatable bonds is 9. The minimum absolute atomic E-state index is 0.0929. The van der Waals surface area contributed by atoms with Gasteiger partial charge in [0, 0.05) is 29.4 Å². The van der Waals surface area contributed by atoms with Crippen LogP contribution in [0.3, 0.4) is 0 Å². The number of amides is 1. The third-order valence-corrected chi connectivity index (χ3v) is 7.05. The van der Waals surface area contributed by atoms with E-state index in [9.17, 15) is 18.0 Å². The Bertz CT molecular complexity index is 1280. The molecule has 0 heterocycles. The number of halogens is 4. The van der Waals surface area contributed by atoms with Crippen LogP contribution in [-0.2, 0) is 19.1 Å². The molecule has 1 aliphatic carbocycles. The first-order valence-corrected chi connectivity index (χ1v) is 12.6. The highest BCUT2D eigenvalue weighted by molar-refractivity contribution is 6.31. The molecule has 37 heavy (non-hydrogen) atoms. The summed E-state index contributed by atoms with van der Waals surface area (Å²) in [5, 5.41) is 12.9. The molecule has 0 bridgehead atoms. The summed E-state index contributed by atoms with van der Waals surface area (Å²) in [5.41, 5.74) is 2.76. The van der Waals surface area contributed by atoms with Crippen LogP contribution in [0.25, 0.3) is 0 Å². The zero-order chi connectivity index (χ0) is 26.4. The van der Waals surface area contributed by atoms with Gasteiger partial charge in [-0.05, 0) is 72.2 Å². The Morgan fingerprint density at radius 2 is 1.84 bits per heavy atom. The number of benzene rings is 3. The topological polar surface area (TPSA) is 56.1 Å². The van der Waals surface area contributed by atoms with E-state index in [0.29, 0.717) is 22.1 Å². The van der Waals surface area contributed by atoms with E-state index >= 15 is 0 Å². The maximum absolute atomic E-state index is 13.5. The molecule has 1 amide bonds. The van der Waals surface area contributed by atoms with Crippen molar-refractivity contribution in [1.29, 1.82) is 5.26 Å². The first-order chi connectivity index (χ1) is 17.8. The molecule has 8 heteroatoms. The van der Waals surface area contributed by atoms with Crippen LogP contribution in [0.5, 0.6) is 0 Å². The molecule has 1 saturated carbocycles. The van der Waals surface area contributed by atoms with Gasteiger partial charge >= 0.3 is 6.18 Å². The van der Waals surface area contributed by atoms with Crippen LogP contribution in [0.2, 0.25) is 5.02 Å². The molecular formula is C29H27ClF3N3O. The van der Waals surface area contributed by atoms with Gasteiger partial charge in [-0.2, -0.15) is 18.4 Å².